The molecule has 0 spiro atoms. The second-order valence-electron chi connectivity index (χ2n) is 3.49. The quantitative estimate of drug-likeness (QED) is 0.807. The Bertz CT molecular complexity index is 300. The van der Waals surface area contributed by atoms with Crippen molar-refractivity contribution in [3.05, 3.63) is 28.2 Å². The van der Waals surface area contributed by atoms with Crippen molar-refractivity contribution in [2.75, 3.05) is 13.7 Å². The van der Waals surface area contributed by atoms with E-state index in [1.165, 1.54) is 5.56 Å². The molecule has 0 aliphatic carbocycles. The van der Waals surface area contributed by atoms with Gasteiger partial charge in [0, 0.05) is 11.1 Å². The predicted octanol–water partition coefficient (Wildman–Crippen LogP) is 3.16. The van der Waals surface area contributed by atoms with Crippen LogP contribution in [0.4, 0.5) is 0 Å². The number of benzene rings is 1. The monoisotopic (exact) mass is 272 g/mol. The molecule has 1 aromatic rings. The Labute approximate surface area is 99.4 Å². The molecule has 0 radical (unpaired) electrons. The summed E-state index contributed by atoms with van der Waals surface area (Å²) in [5.74, 6) is 0.946. The first-order valence-corrected chi connectivity index (χ1v) is 6.00. The number of rotatable bonds is 6. The van der Waals surface area contributed by atoms with Crippen LogP contribution in [0.2, 0.25) is 0 Å². The first-order valence-electron chi connectivity index (χ1n) is 5.21. The molecule has 0 aliphatic heterocycles. The van der Waals surface area contributed by atoms with Gasteiger partial charge < -0.3 is 9.84 Å². The molecule has 3 heteroatoms. The molecule has 0 saturated heterocycles. The molecule has 1 N–H and O–H groups in total. The molecule has 0 saturated carbocycles. The summed E-state index contributed by atoms with van der Waals surface area (Å²) in [5, 5.41) is 8.68. The van der Waals surface area contributed by atoms with Crippen LogP contribution in [0.5, 0.6) is 5.75 Å². The maximum Gasteiger partial charge on any atom is 0.122 e. The summed E-state index contributed by atoms with van der Waals surface area (Å²) in [7, 11) is 1.69. The van der Waals surface area contributed by atoms with Crippen molar-refractivity contribution in [3.63, 3.8) is 0 Å². The highest BCUT2D eigenvalue weighted by Gasteiger charge is 2.03. The Morgan fingerprint density at radius 2 is 2.07 bits per heavy atom. The van der Waals surface area contributed by atoms with E-state index in [0.717, 1.165) is 35.9 Å². The molecule has 1 rings (SSSR count). The standard InChI is InChI=1S/C12H17BrO2/c1-15-12-7-6-11(13)9-10(12)5-3-2-4-8-14/h6-7,9,14H,2-5,8H2,1H3. The van der Waals surface area contributed by atoms with Gasteiger partial charge >= 0.3 is 0 Å². The van der Waals surface area contributed by atoms with Gasteiger partial charge in [0.2, 0.25) is 0 Å². The molecule has 0 bridgehead atoms. The van der Waals surface area contributed by atoms with Crippen LogP contribution in [0.3, 0.4) is 0 Å². The lowest BCUT2D eigenvalue weighted by atomic mass is 10.1. The van der Waals surface area contributed by atoms with Crippen molar-refractivity contribution in [1.29, 1.82) is 0 Å². The number of ether oxygens (including phenoxy) is 1. The number of hydrogen-bond donors (Lipinski definition) is 1. The average Bonchev–Trinajstić information content (AvgIpc) is 2.25. The van der Waals surface area contributed by atoms with E-state index < -0.39 is 0 Å². The van der Waals surface area contributed by atoms with Gasteiger partial charge in [-0.2, -0.15) is 0 Å². The third-order valence-electron chi connectivity index (χ3n) is 2.35. The van der Waals surface area contributed by atoms with Crippen molar-refractivity contribution in [2.45, 2.75) is 25.7 Å². The van der Waals surface area contributed by atoms with E-state index in [0.29, 0.717) is 0 Å². The predicted molar refractivity (Wildman–Crippen MR) is 65.3 cm³/mol. The van der Waals surface area contributed by atoms with E-state index in [1.54, 1.807) is 7.11 Å². The fourth-order valence-corrected chi connectivity index (χ4v) is 1.96. The molecular weight excluding hydrogens is 256 g/mol. The molecule has 1 aromatic carbocycles. The Morgan fingerprint density at radius 3 is 2.73 bits per heavy atom. The minimum Gasteiger partial charge on any atom is -0.496 e. The molecule has 0 unspecified atom stereocenters. The molecule has 84 valence electrons. The maximum atomic E-state index is 8.68. The van der Waals surface area contributed by atoms with Gasteiger partial charge in [-0.3, -0.25) is 0 Å². The van der Waals surface area contributed by atoms with E-state index in [-0.39, 0.29) is 6.61 Å². The van der Waals surface area contributed by atoms with Gasteiger partial charge in [-0.05, 0) is 43.0 Å². The zero-order chi connectivity index (χ0) is 11.1. The van der Waals surface area contributed by atoms with Crippen LogP contribution in [0.1, 0.15) is 24.8 Å². The van der Waals surface area contributed by atoms with Gasteiger partial charge in [0.05, 0.1) is 7.11 Å². The van der Waals surface area contributed by atoms with Gasteiger partial charge in [-0.25, -0.2) is 0 Å². The number of aryl methyl sites for hydroxylation is 1. The summed E-state index contributed by atoms with van der Waals surface area (Å²) in [6.07, 6.45) is 4.04. The number of methoxy groups -OCH3 is 1. The van der Waals surface area contributed by atoms with Gasteiger partial charge in [-0.15, -0.1) is 0 Å². The van der Waals surface area contributed by atoms with E-state index in [1.807, 2.05) is 12.1 Å². The fraction of sp³-hybridized carbons (Fsp3) is 0.500. The zero-order valence-corrected chi connectivity index (χ0v) is 10.6. The Kier molecular flexibility index (Phi) is 5.73. The van der Waals surface area contributed by atoms with Crippen LogP contribution >= 0.6 is 15.9 Å². The lowest BCUT2D eigenvalue weighted by molar-refractivity contribution is 0.283. The van der Waals surface area contributed by atoms with Crippen molar-refractivity contribution in [3.8, 4) is 5.75 Å². The van der Waals surface area contributed by atoms with Gasteiger partial charge in [0.25, 0.3) is 0 Å². The Morgan fingerprint density at radius 1 is 1.27 bits per heavy atom. The molecule has 0 aromatic heterocycles. The molecule has 0 atom stereocenters. The Balaban J connectivity index is 2.54. The highest BCUT2D eigenvalue weighted by molar-refractivity contribution is 9.10. The van der Waals surface area contributed by atoms with Crippen LogP contribution < -0.4 is 4.74 Å². The summed E-state index contributed by atoms with van der Waals surface area (Å²) >= 11 is 3.45. The first kappa shape index (κ1) is 12.5. The van der Waals surface area contributed by atoms with Gasteiger partial charge in [0.1, 0.15) is 5.75 Å². The van der Waals surface area contributed by atoms with E-state index in [4.69, 9.17) is 9.84 Å². The highest BCUT2D eigenvalue weighted by atomic mass is 79.9. The van der Waals surface area contributed by atoms with Crippen molar-refractivity contribution in [1.82, 2.24) is 0 Å². The van der Waals surface area contributed by atoms with Gasteiger partial charge in [-0.1, -0.05) is 22.4 Å². The molecule has 15 heavy (non-hydrogen) atoms. The van der Waals surface area contributed by atoms with Crippen LogP contribution in [0.25, 0.3) is 0 Å². The summed E-state index contributed by atoms with van der Waals surface area (Å²) < 4.78 is 6.37. The minimum atomic E-state index is 0.287. The number of halogens is 1. The summed E-state index contributed by atoms with van der Waals surface area (Å²) in [4.78, 5) is 0. The lowest BCUT2D eigenvalue weighted by Crippen LogP contribution is -1.93. The maximum absolute atomic E-state index is 8.68. The van der Waals surface area contributed by atoms with Crippen molar-refractivity contribution in [2.24, 2.45) is 0 Å². The zero-order valence-electron chi connectivity index (χ0n) is 9.00. The molecule has 2 nitrogen and oxygen atoms in total. The van der Waals surface area contributed by atoms with Crippen LogP contribution in [-0.2, 0) is 6.42 Å². The summed E-state index contributed by atoms with van der Waals surface area (Å²) in [6, 6.07) is 6.05. The first-order chi connectivity index (χ1) is 7.27. The Hall–Kier alpha value is -0.540. The molecule has 0 aliphatic rings. The normalized spacial score (nSPS) is 10.3. The molecule has 0 fully saturated rings. The van der Waals surface area contributed by atoms with Crippen LogP contribution in [0.15, 0.2) is 22.7 Å². The molecular formula is C12H17BrO2. The number of aliphatic hydroxyl groups excluding tert-OH is 1. The average molecular weight is 273 g/mol. The SMILES string of the molecule is COc1ccc(Br)cc1CCCCCO. The topological polar surface area (TPSA) is 29.5 Å². The summed E-state index contributed by atoms with van der Waals surface area (Å²) in [6.45, 7) is 0.287. The van der Waals surface area contributed by atoms with Crippen LogP contribution in [-0.4, -0.2) is 18.8 Å². The third kappa shape index (κ3) is 4.22. The summed E-state index contributed by atoms with van der Waals surface area (Å²) in [5.41, 5.74) is 1.23. The highest BCUT2D eigenvalue weighted by Crippen LogP contribution is 2.24. The smallest absolute Gasteiger partial charge is 0.122 e. The number of unbranched alkanes of at least 4 members (excludes halogenated alkanes) is 2. The van der Waals surface area contributed by atoms with E-state index in [2.05, 4.69) is 22.0 Å². The van der Waals surface area contributed by atoms with Crippen molar-refractivity contribution >= 4 is 15.9 Å². The lowest BCUT2D eigenvalue weighted by Gasteiger charge is -2.08. The van der Waals surface area contributed by atoms with Gasteiger partial charge in [0.15, 0.2) is 0 Å². The number of aliphatic hydroxyl groups is 1. The third-order valence-corrected chi connectivity index (χ3v) is 2.84. The second-order valence-corrected chi connectivity index (χ2v) is 4.41. The van der Waals surface area contributed by atoms with E-state index in [9.17, 15) is 0 Å². The van der Waals surface area contributed by atoms with E-state index >= 15 is 0 Å². The molecule has 0 heterocycles. The second kappa shape index (κ2) is 6.85. The largest absolute Gasteiger partial charge is 0.496 e. The fourth-order valence-electron chi connectivity index (χ4n) is 1.55. The van der Waals surface area contributed by atoms with Crippen LogP contribution in [0, 0.1) is 0 Å². The molecule has 0 amide bonds. The van der Waals surface area contributed by atoms with Crippen molar-refractivity contribution < 1.29 is 9.84 Å². The minimum absolute atomic E-state index is 0.287. The number of hydrogen-bond acceptors (Lipinski definition) is 2.